The van der Waals surface area contributed by atoms with Crippen molar-refractivity contribution in [1.29, 1.82) is 0 Å². The Morgan fingerprint density at radius 2 is 1.48 bits per heavy atom. The molecular formula is C27H42ClNO2. The molecule has 1 unspecified atom stereocenters. The minimum absolute atomic E-state index is 0. The van der Waals surface area contributed by atoms with Gasteiger partial charge in [0.15, 0.2) is 0 Å². The van der Waals surface area contributed by atoms with Gasteiger partial charge in [-0.3, -0.25) is 0 Å². The van der Waals surface area contributed by atoms with Gasteiger partial charge in [-0.15, -0.1) is 0 Å². The highest BCUT2D eigenvalue weighted by atomic mass is 35.5. The fourth-order valence-electron chi connectivity index (χ4n) is 3.77. The molecule has 0 amide bonds. The first-order chi connectivity index (χ1) is 13.7. The average Bonchev–Trinajstić information content (AvgIpc) is 2.59. The van der Waals surface area contributed by atoms with Crippen LogP contribution in [0, 0.1) is 6.92 Å². The highest BCUT2D eigenvalue weighted by Gasteiger charge is 2.25. The smallest absolute Gasteiger partial charge is 0.137 e. The van der Waals surface area contributed by atoms with E-state index in [0.29, 0.717) is 17.6 Å². The summed E-state index contributed by atoms with van der Waals surface area (Å²) in [5.41, 5.74) is 5.11. The number of likely N-dealkylation sites (N-methyl/N-ethyl adjacent to an activating group) is 1. The maximum absolute atomic E-state index is 10.7. The van der Waals surface area contributed by atoms with Gasteiger partial charge in [0.25, 0.3) is 0 Å². The lowest BCUT2D eigenvalue weighted by Crippen LogP contribution is -3.00. The van der Waals surface area contributed by atoms with Gasteiger partial charge >= 0.3 is 0 Å². The number of aliphatic hydroxyl groups excluding tert-OH is 1. The monoisotopic (exact) mass is 447 g/mol. The summed E-state index contributed by atoms with van der Waals surface area (Å²) in [5, 5.41) is 10.7. The predicted octanol–water partition coefficient (Wildman–Crippen LogP) is 2.61. The second-order valence-electron chi connectivity index (χ2n) is 11.4. The Bertz CT molecular complexity index is 830. The summed E-state index contributed by atoms with van der Waals surface area (Å²) in [6.45, 7) is 17.2. The zero-order chi connectivity index (χ0) is 22.7. The van der Waals surface area contributed by atoms with Gasteiger partial charge in [-0.2, -0.15) is 0 Å². The van der Waals surface area contributed by atoms with Crippen LogP contribution in [0.25, 0.3) is 0 Å². The maximum Gasteiger partial charge on any atom is 0.137 e. The third-order valence-corrected chi connectivity index (χ3v) is 5.52. The lowest BCUT2D eigenvalue weighted by atomic mass is 9.80. The summed E-state index contributed by atoms with van der Waals surface area (Å²) in [6.07, 6.45) is -0.527. The third-order valence-electron chi connectivity index (χ3n) is 5.52. The highest BCUT2D eigenvalue weighted by molar-refractivity contribution is 5.43. The van der Waals surface area contributed by atoms with Crippen molar-refractivity contribution in [3.8, 4) is 5.75 Å². The summed E-state index contributed by atoms with van der Waals surface area (Å²) in [5.74, 6) is 0.874. The van der Waals surface area contributed by atoms with Crippen molar-refractivity contribution in [3.63, 3.8) is 0 Å². The normalized spacial score (nSPS) is 13.5. The number of nitrogens with zero attached hydrogens (tertiary/aromatic N) is 1. The molecule has 31 heavy (non-hydrogen) atoms. The van der Waals surface area contributed by atoms with Crippen LogP contribution in [0.2, 0.25) is 0 Å². The fourth-order valence-corrected chi connectivity index (χ4v) is 3.77. The molecule has 0 saturated heterocycles. The molecule has 3 nitrogen and oxygen atoms in total. The number of hydrogen-bond donors (Lipinski definition) is 1. The fraction of sp³-hybridized carbons (Fsp3) is 0.556. The first kappa shape index (κ1) is 27.5. The van der Waals surface area contributed by atoms with Gasteiger partial charge in [0.1, 0.15) is 31.5 Å². The van der Waals surface area contributed by atoms with Gasteiger partial charge in [-0.25, -0.2) is 0 Å². The van der Waals surface area contributed by atoms with Crippen molar-refractivity contribution in [2.75, 3.05) is 27.2 Å². The molecule has 0 saturated carbocycles. The van der Waals surface area contributed by atoms with Crippen LogP contribution >= 0.6 is 0 Å². The molecule has 0 fully saturated rings. The third kappa shape index (κ3) is 8.48. The van der Waals surface area contributed by atoms with E-state index in [1.807, 2.05) is 0 Å². The molecule has 2 aromatic rings. The van der Waals surface area contributed by atoms with Gasteiger partial charge in [0.2, 0.25) is 0 Å². The SMILES string of the molecule is Cc1ccc(C[N+](C)(C)CC(O)COc2ccc(C(C)(C)C)cc2C(C)(C)C)cc1.[Cl-]. The Kier molecular flexibility index (Phi) is 9.20. The molecule has 0 bridgehead atoms. The maximum atomic E-state index is 10.7. The van der Waals surface area contributed by atoms with Crippen molar-refractivity contribution >= 4 is 0 Å². The van der Waals surface area contributed by atoms with Crippen LogP contribution in [-0.2, 0) is 17.4 Å². The van der Waals surface area contributed by atoms with E-state index in [0.717, 1.165) is 12.3 Å². The standard InChI is InChI=1S/C27H42NO2.ClH/c1-20-10-12-21(13-11-20)17-28(8,9)18-23(29)19-30-25-15-14-22(26(2,3)4)16-24(25)27(5,6)7;/h10-16,23,29H,17-19H2,1-9H3;1H/q+1;/p-1. The molecule has 4 heteroatoms. The Morgan fingerprint density at radius 3 is 2.00 bits per heavy atom. The summed E-state index contributed by atoms with van der Waals surface area (Å²) < 4.78 is 6.86. The van der Waals surface area contributed by atoms with Gasteiger partial charge in [-0.05, 0) is 34.9 Å². The van der Waals surface area contributed by atoms with Crippen molar-refractivity contribution in [1.82, 2.24) is 0 Å². The van der Waals surface area contributed by atoms with E-state index in [1.165, 1.54) is 22.3 Å². The summed E-state index contributed by atoms with van der Waals surface area (Å²) in [4.78, 5) is 0. The Morgan fingerprint density at radius 1 is 0.903 bits per heavy atom. The van der Waals surface area contributed by atoms with Crippen LogP contribution in [0.15, 0.2) is 42.5 Å². The summed E-state index contributed by atoms with van der Waals surface area (Å²) in [7, 11) is 4.31. The number of benzene rings is 2. The van der Waals surface area contributed by atoms with E-state index in [1.54, 1.807) is 0 Å². The zero-order valence-corrected chi connectivity index (χ0v) is 21.7. The summed E-state index contributed by atoms with van der Waals surface area (Å²) in [6, 6.07) is 15.1. The molecule has 174 valence electrons. The van der Waals surface area contributed by atoms with Crippen LogP contribution in [0.5, 0.6) is 5.75 Å². The van der Waals surface area contributed by atoms with Crippen molar-refractivity contribution in [2.45, 2.75) is 71.9 Å². The van der Waals surface area contributed by atoms with Crippen LogP contribution in [0.1, 0.15) is 63.8 Å². The van der Waals surface area contributed by atoms with E-state index in [4.69, 9.17) is 4.74 Å². The number of quaternary nitrogens is 1. The number of hydrogen-bond acceptors (Lipinski definition) is 2. The molecule has 0 aliphatic rings. The van der Waals surface area contributed by atoms with Gasteiger partial charge in [0.05, 0.1) is 14.1 Å². The van der Waals surface area contributed by atoms with Crippen molar-refractivity contribution in [3.05, 3.63) is 64.7 Å². The average molecular weight is 448 g/mol. The Hall–Kier alpha value is -1.55. The zero-order valence-electron chi connectivity index (χ0n) is 20.9. The van der Waals surface area contributed by atoms with Crippen LogP contribution in [-0.4, -0.2) is 42.9 Å². The highest BCUT2D eigenvalue weighted by Crippen LogP contribution is 2.35. The Labute approximate surface area is 196 Å². The van der Waals surface area contributed by atoms with E-state index >= 15 is 0 Å². The quantitative estimate of drug-likeness (QED) is 0.661. The minimum atomic E-state index is -0.527. The molecule has 0 aromatic heterocycles. The molecule has 0 aliphatic carbocycles. The number of aryl methyl sites for hydroxylation is 1. The molecule has 1 N–H and O–H groups in total. The number of halogens is 1. The van der Waals surface area contributed by atoms with E-state index in [9.17, 15) is 5.11 Å². The number of rotatable bonds is 7. The predicted molar refractivity (Wildman–Crippen MR) is 127 cm³/mol. The molecule has 0 heterocycles. The first-order valence-electron chi connectivity index (χ1n) is 11.0. The molecule has 0 spiro atoms. The lowest BCUT2D eigenvalue weighted by Gasteiger charge is -2.32. The van der Waals surface area contributed by atoms with E-state index < -0.39 is 6.10 Å². The summed E-state index contributed by atoms with van der Waals surface area (Å²) >= 11 is 0. The molecular weight excluding hydrogens is 406 g/mol. The molecule has 0 radical (unpaired) electrons. The van der Waals surface area contributed by atoms with E-state index in [-0.39, 0.29) is 23.2 Å². The van der Waals surface area contributed by atoms with Crippen LogP contribution in [0.3, 0.4) is 0 Å². The number of ether oxygens (including phenoxy) is 1. The van der Waals surface area contributed by atoms with Crippen molar-refractivity contribution in [2.24, 2.45) is 0 Å². The Balaban J connectivity index is 0.00000480. The molecule has 2 rings (SSSR count). The van der Waals surface area contributed by atoms with Crippen molar-refractivity contribution < 1.29 is 26.7 Å². The molecule has 1 atom stereocenters. The topological polar surface area (TPSA) is 29.5 Å². The largest absolute Gasteiger partial charge is 1.00 e. The van der Waals surface area contributed by atoms with Gasteiger partial charge in [0, 0.05) is 5.56 Å². The molecule has 2 aromatic carbocycles. The van der Waals surface area contributed by atoms with E-state index in [2.05, 4.69) is 105 Å². The van der Waals surface area contributed by atoms with Crippen LogP contribution in [0.4, 0.5) is 0 Å². The first-order valence-corrected chi connectivity index (χ1v) is 11.0. The van der Waals surface area contributed by atoms with Gasteiger partial charge in [-0.1, -0.05) is 83.5 Å². The molecule has 0 aliphatic heterocycles. The lowest BCUT2D eigenvalue weighted by molar-refractivity contribution is -0.906. The number of aliphatic hydroxyl groups is 1. The van der Waals surface area contributed by atoms with Gasteiger partial charge < -0.3 is 26.7 Å². The second kappa shape index (κ2) is 10.4. The minimum Gasteiger partial charge on any atom is -1.00 e. The second-order valence-corrected chi connectivity index (χ2v) is 11.4. The van der Waals surface area contributed by atoms with Crippen LogP contribution < -0.4 is 17.1 Å².